The van der Waals surface area contributed by atoms with Crippen molar-refractivity contribution in [1.82, 2.24) is 4.57 Å². The highest BCUT2D eigenvalue weighted by Crippen LogP contribution is 2.34. The molecule has 0 aliphatic carbocycles. The fourth-order valence-electron chi connectivity index (χ4n) is 4.01. The van der Waals surface area contributed by atoms with Gasteiger partial charge in [0.25, 0.3) is 5.56 Å². The van der Waals surface area contributed by atoms with Crippen LogP contribution in [0.15, 0.2) is 77.6 Å². The highest BCUT2D eigenvalue weighted by atomic mass is 16.5. The number of pyridine rings is 1. The number of fused-ring (bicyclic) bond motifs is 5. The molecule has 0 atom stereocenters. The molecular weight excluding hydrogens is 378 g/mol. The Bertz CT molecular complexity index is 1480. The van der Waals surface area contributed by atoms with Crippen LogP contribution in [0.4, 0.5) is 0 Å². The molecular formula is C25H19NO4. The number of aromatic hydroxyl groups is 1. The van der Waals surface area contributed by atoms with Crippen LogP contribution in [0.5, 0.6) is 17.2 Å². The van der Waals surface area contributed by atoms with E-state index in [9.17, 15) is 9.90 Å². The molecule has 5 nitrogen and oxygen atoms in total. The summed E-state index contributed by atoms with van der Waals surface area (Å²) >= 11 is 0. The zero-order valence-corrected chi connectivity index (χ0v) is 16.5. The van der Waals surface area contributed by atoms with Crippen molar-refractivity contribution >= 4 is 32.4 Å². The highest BCUT2D eigenvalue weighted by Gasteiger charge is 2.16. The normalized spacial score (nSPS) is 11.3. The standard InChI is InChI=1S/C25H19NO4/c1-29-18-8-11-20-15(13-18)3-10-22-21-12-9-19(30-2)14-23(21)25(28)26(24(20)22)16-4-6-17(27)7-5-16/h3-14,27H,1-2H3. The molecule has 0 bridgehead atoms. The maximum Gasteiger partial charge on any atom is 0.263 e. The molecule has 148 valence electrons. The first-order chi connectivity index (χ1) is 14.6. The largest absolute Gasteiger partial charge is 0.508 e. The predicted molar refractivity (Wildman–Crippen MR) is 119 cm³/mol. The number of hydrogen-bond acceptors (Lipinski definition) is 4. The molecule has 0 saturated carbocycles. The number of methoxy groups -OCH3 is 2. The van der Waals surface area contributed by atoms with Gasteiger partial charge in [0, 0.05) is 16.5 Å². The van der Waals surface area contributed by atoms with Crippen LogP contribution in [-0.4, -0.2) is 23.9 Å². The lowest BCUT2D eigenvalue weighted by Gasteiger charge is -2.16. The maximum absolute atomic E-state index is 13.7. The maximum atomic E-state index is 13.7. The molecule has 0 aliphatic rings. The first kappa shape index (κ1) is 18.1. The Labute approximate surface area is 172 Å². The van der Waals surface area contributed by atoms with E-state index in [2.05, 4.69) is 0 Å². The van der Waals surface area contributed by atoms with Crippen molar-refractivity contribution in [3.8, 4) is 22.9 Å². The molecule has 1 heterocycles. The van der Waals surface area contributed by atoms with E-state index in [-0.39, 0.29) is 11.3 Å². The van der Waals surface area contributed by atoms with Crippen LogP contribution in [0.1, 0.15) is 0 Å². The molecule has 30 heavy (non-hydrogen) atoms. The number of ether oxygens (including phenoxy) is 2. The third-order valence-corrected chi connectivity index (χ3v) is 5.48. The molecule has 1 aromatic heterocycles. The van der Waals surface area contributed by atoms with E-state index in [0.717, 1.165) is 32.8 Å². The number of hydrogen-bond donors (Lipinski definition) is 1. The summed E-state index contributed by atoms with van der Waals surface area (Å²) in [5.41, 5.74) is 1.34. The van der Waals surface area contributed by atoms with E-state index >= 15 is 0 Å². The Hall–Kier alpha value is -3.99. The first-order valence-electron chi connectivity index (χ1n) is 9.53. The van der Waals surface area contributed by atoms with E-state index in [1.807, 2.05) is 42.5 Å². The van der Waals surface area contributed by atoms with Crippen LogP contribution in [0.2, 0.25) is 0 Å². The molecule has 5 heteroatoms. The first-order valence-corrected chi connectivity index (χ1v) is 9.53. The summed E-state index contributed by atoms with van der Waals surface area (Å²) < 4.78 is 12.4. The van der Waals surface area contributed by atoms with Gasteiger partial charge in [-0.3, -0.25) is 9.36 Å². The molecule has 1 N–H and O–H groups in total. The fraction of sp³-hybridized carbons (Fsp3) is 0.0800. The quantitative estimate of drug-likeness (QED) is 0.434. The number of nitrogens with zero attached hydrogens (tertiary/aromatic N) is 1. The zero-order valence-electron chi connectivity index (χ0n) is 16.5. The van der Waals surface area contributed by atoms with Crippen LogP contribution >= 0.6 is 0 Å². The van der Waals surface area contributed by atoms with Crippen molar-refractivity contribution in [2.75, 3.05) is 14.2 Å². The van der Waals surface area contributed by atoms with Gasteiger partial charge in [0.1, 0.15) is 17.2 Å². The molecule has 4 aromatic carbocycles. The summed E-state index contributed by atoms with van der Waals surface area (Å²) in [6.07, 6.45) is 0. The summed E-state index contributed by atoms with van der Waals surface area (Å²) in [7, 11) is 3.22. The highest BCUT2D eigenvalue weighted by molar-refractivity contribution is 6.16. The third-order valence-electron chi connectivity index (χ3n) is 5.48. The summed E-state index contributed by atoms with van der Waals surface area (Å²) in [5.74, 6) is 1.53. The third kappa shape index (κ3) is 2.67. The van der Waals surface area contributed by atoms with Gasteiger partial charge in [-0.15, -0.1) is 0 Å². The zero-order chi connectivity index (χ0) is 20.8. The molecule has 0 amide bonds. The molecule has 0 spiro atoms. The van der Waals surface area contributed by atoms with E-state index in [1.54, 1.807) is 49.1 Å². The van der Waals surface area contributed by atoms with Crippen LogP contribution in [0, 0.1) is 0 Å². The van der Waals surface area contributed by atoms with E-state index in [4.69, 9.17) is 9.47 Å². The Morgan fingerprint density at radius 3 is 2.03 bits per heavy atom. The Morgan fingerprint density at radius 1 is 0.700 bits per heavy atom. The van der Waals surface area contributed by atoms with Crippen LogP contribution in [0.25, 0.3) is 38.1 Å². The molecule has 0 saturated heterocycles. The van der Waals surface area contributed by atoms with Crippen molar-refractivity contribution < 1.29 is 14.6 Å². The number of benzene rings is 4. The van der Waals surface area contributed by atoms with Gasteiger partial charge in [-0.05, 0) is 71.4 Å². The number of aromatic nitrogens is 1. The number of rotatable bonds is 3. The van der Waals surface area contributed by atoms with E-state index in [1.165, 1.54) is 0 Å². The van der Waals surface area contributed by atoms with Crippen LogP contribution in [0.3, 0.4) is 0 Å². The number of phenols is 1. The molecule has 5 rings (SSSR count). The van der Waals surface area contributed by atoms with Gasteiger partial charge in [0.15, 0.2) is 0 Å². The average molecular weight is 397 g/mol. The lowest BCUT2D eigenvalue weighted by Crippen LogP contribution is -2.19. The van der Waals surface area contributed by atoms with Gasteiger partial charge in [-0.1, -0.05) is 12.1 Å². The van der Waals surface area contributed by atoms with Crippen molar-refractivity contribution in [2.45, 2.75) is 0 Å². The molecule has 0 radical (unpaired) electrons. The van der Waals surface area contributed by atoms with Crippen LogP contribution in [-0.2, 0) is 0 Å². The van der Waals surface area contributed by atoms with E-state index < -0.39 is 0 Å². The smallest absolute Gasteiger partial charge is 0.263 e. The van der Waals surface area contributed by atoms with Gasteiger partial charge in [0.05, 0.1) is 25.1 Å². The second-order valence-corrected chi connectivity index (χ2v) is 7.12. The topological polar surface area (TPSA) is 60.7 Å². The minimum absolute atomic E-state index is 0.146. The predicted octanol–water partition coefficient (Wildman–Crippen LogP) is 5.02. The molecule has 0 aliphatic heterocycles. The van der Waals surface area contributed by atoms with Gasteiger partial charge in [-0.25, -0.2) is 0 Å². The Morgan fingerprint density at radius 2 is 1.33 bits per heavy atom. The Kier molecular flexibility index (Phi) is 4.10. The number of phenolic OH excluding ortho intramolecular Hbond substituents is 1. The fourth-order valence-corrected chi connectivity index (χ4v) is 4.01. The lowest BCUT2D eigenvalue weighted by molar-refractivity contribution is 0.415. The average Bonchev–Trinajstić information content (AvgIpc) is 2.79. The van der Waals surface area contributed by atoms with Crippen molar-refractivity contribution in [3.05, 3.63) is 83.2 Å². The summed E-state index contributed by atoms with van der Waals surface area (Å²) in [4.78, 5) is 13.7. The second-order valence-electron chi connectivity index (χ2n) is 7.12. The second kappa shape index (κ2) is 6.81. The van der Waals surface area contributed by atoms with Gasteiger partial charge < -0.3 is 14.6 Å². The minimum Gasteiger partial charge on any atom is -0.508 e. The monoisotopic (exact) mass is 397 g/mol. The molecule has 0 unspecified atom stereocenters. The minimum atomic E-state index is -0.148. The SMILES string of the molecule is COc1ccc2c(ccc3c4ccc(OC)cc4c(=O)n(-c4ccc(O)cc4)c23)c1. The summed E-state index contributed by atoms with van der Waals surface area (Å²) in [6.45, 7) is 0. The summed E-state index contributed by atoms with van der Waals surface area (Å²) in [5, 5.41) is 14.0. The van der Waals surface area contributed by atoms with Crippen molar-refractivity contribution in [1.29, 1.82) is 0 Å². The lowest BCUT2D eigenvalue weighted by atomic mass is 10.00. The van der Waals surface area contributed by atoms with Gasteiger partial charge in [0.2, 0.25) is 0 Å². The molecule has 5 aromatic rings. The van der Waals surface area contributed by atoms with Gasteiger partial charge >= 0.3 is 0 Å². The van der Waals surface area contributed by atoms with Crippen molar-refractivity contribution in [3.63, 3.8) is 0 Å². The Balaban J connectivity index is 2.02. The molecule has 0 fully saturated rings. The van der Waals surface area contributed by atoms with Gasteiger partial charge in [-0.2, -0.15) is 0 Å². The van der Waals surface area contributed by atoms with Crippen molar-refractivity contribution in [2.24, 2.45) is 0 Å². The van der Waals surface area contributed by atoms with Crippen LogP contribution < -0.4 is 15.0 Å². The van der Waals surface area contributed by atoms with E-state index in [0.29, 0.717) is 16.8 Å². The summed E-state index contributed by atoms with van der Waals surface area (Å²) in [6, 6.07) is 22.1.